The molecule has 1 aliphatic rings. The van der Waals surface area contributed by atoms with E-state index in [1.165, 1.54) is 14.0 Å². The summed E-state index contributed by atoms with van der Waals surface area (Å²) in [7, 11) is 1.35. The quantitative estimate of drug-likeness (QED) is 0.523. The van der Waals surface area contributed by atoms with Gasteiger partial charge >= 0.3 is 5.97 Å². The summed E-state index contributed by atoms with van der Waals surface area (Å²) in [4.78, 5) is 21.3. The zero-order chi connectivity index (χ0) is 7.72. The average molecular weight is 142 g/mol. The summed E-state index contributed by atoms with van der Waals surface area (Å²) in [5.41, 5.74) is 0. The number of ketones is 1. The van der Waals surface area contributed by atoms with Crippen molar-refractivity contribution in [3.63, 3.8) is 0 Å². The number of hydrogen-bond acceptors (Lipinski definition) is 3. The first-order chi connectivity index (χ1) is 4.66. The van der Waals surface area contributed by atoms with Gasteiger partial charge in [-0.3, -0.25) is 9.59 Å². The standard InChI is InChI=1S/C7H10O3/c1-4(8)5-3-6(5)7(9)10-2/h5-6H,3H2,1-2H3/t5-,6-/m1/s1. The number of methoxy groups -OCH3 is 1. The third kappa shape index (κ3) is 1.17. The topological polar surface area (TPSA) is 43.4 Å². The van der Waals surface area contributed by atoms with Crippen LogP contribution in [-0.2, 0) is 14.3 Å². The molecule has 1 fully saturated rings. The summed E-state index contributed by atoms with van der Waals surface area (Å²) < 4.78 is 4.46. The fourth-order valence-corrected chi connectivity index (χ4v) is 1.06. The summed E-state index contributed by atoms with van der Waals surface area (Å²) in [5.74, 6) is -0.342. The molecule has 0 N–H and O–H groups in total. The van der Waals surface area contributed by atoms with E-state index < -0.39 is 0 Å². The SMILES string of the molecule is COC(=O)[C@@H]1C[C@@H]1C(C)=O. The Morgan fingerprint density at radius 1 is 1.40 bits per heavy atom. The van der Waals surface area contributed by atoms with Crippen molar-refractivity contribution in [2.75, 3.05) is 7.11 Å². The van der Waals surface area contributed by atoms with Crippen LogP contribution >= 0.6 is 0 Å². The average Bonchev–Trinajstić information content (AvgIpc) is 2.64. The molecule has 3 heteroatoms. The van der Waals surface area contributed by atoms with E-state index in [0.717, 1.165) is 0 Å². The monoisotopic (exact) mass is 142 g/mol. The first kappa shape index (κ1) is 7.25. The molecule has 0 unspecified atom stereocenters. The van der Waals surface area contributed by atoms with Gasteiger partial charge in [0.25, 0.3) is 0 Å². The molecule has 0 aromatic heterocycles. The van der Waals surface area contributed by atoms with E-state index in [1.807, 2.05) is 0 Å². The summed E-state index contributed by atoms with van der Waals surface area (Å²) in [6.07, 6.45) is 0.683. The van der Waals surface area contributed by atoms with Crippen LogP contribution in [0.25, 0.3) is 0 Å². The Balaban J connectivity index is 2.38. The molecule has 56 valence electrons. The lowest BCUT2D eigenvalue weighted by Gasteiger charge is -1.93. The maximum absolute atomic E-state index is 10.7. The Morgan fingerprint density at radius 3 is 2.30 bits per heavy atom. The van der Waals surface area contributed by atoms with Gasteiger partial charge in [0.1, 0.15) is 5.78 Å². The molecule has 0 aromatic rings. The number of ether oxygens (including phenoxy) is 1. The van der Waals surface area contributed by atoms with Gasteiger partial charge in [0.2, 0.25) is 0 Å². The number of rotatable bonds is 2. The van der Waals surface area contributed by atoms with Crippen molar-refractivity contribution in [1.29, 1.82) is 0 Å². The first-order valence-electron chi connectivity index (χ1n) is 3.25. The van der Waals surface area contributed by atoms with Crippen molar-refractivity contribution in [1.82, 2.24) is 0 Å². The highest BCUT2D eigenvalue weighted by molar-refractivity contribution is 5.89. The Bertz CT molecular complexity index is 174. The second-order valence-corrected chi connectivity index (χ2v) is 2.58. The third-order valence-electron chi connectivity index (χ3n) is 1.82. The van der Waals surface area contributed by atoms with Crippen LogP contribution in [0.5, 0.6) is 0 Å². The number of carbonyl (C=O) groups excluding carboxylic acids is 2. The summed E-state index contributed by atoms with van der Waals surface area (Å²) in [6, 6.07) is 0. The fraction of sp³-hybridized carbons (Fsp3) is 0.714. The smallest absolute Gasteiger partial charge is 0.309 e. The van der Waals surface area contributed by atoms with Crippen LogP contribution in [0.1, 0.15) is 13.3 Å². The minimum absolute atomic E-state index is 0.0487. The van der Waals surface area contributed by atoms with Gasteiger partial charge in [0, 0.05) is 5.92 Å². The number of esters is 1. The van der Waals surface area contributed by atoms with Gasteiger partial charge < -0.3 is 4.74 Å². The van der Waals surface area contributed by atoms with Crippen LogP contribution in [0.4, 0.5) is 0 Å². The fourth-order valence-electron chi connectivity index (χ4n) is 1.06. The van der Waals surface area contributed by atoms with Gasteiger partial charge in [0.15, 0.2) is 0 Å². The summed E-state index contributed by atoms with van der Waals surface area (Å²) >= 11 is 0. The maximum Gasteiger partial charge on any atom is 0.309 e. The molecule has 0 bridgehead atoms. The number of carbonyl (C=O) groups is 2. The Morgan fingerprint density at radius 2 is 2.00 bits per heavy atom. The molecule has 1 aliphatic carbocycles. The molecule has 1 rings (SSSR count). The van der Waals surface area contributed by atoms with Gasteiger partial charge in [0.05, 0.1) is 13.0 Å². The van der Waals surface area contributed by atoms with Crippen LogP contribution in [0.15, 0.2) is 0 Å². The normalized spacial score (nSPS) is 29.4. The van der Waals surface area contributed by atoms with E-state index >= 15 is 0 Å². The van der Waals surface area contributed by atoms with E-state index in [4.69, 9.17) is 0 Å². The number of Topliss-reactive ketones (excluding diaryl/α,β-unsaturated/α-hetero) is 1. The third-order valence-corrected chi connectivity index (χ3v) is 1.82. The van der Waals surface area contributed by atoms with Crippen LogP contribution < -0.4 is 0 Å². The van der Waals surface area contributed by atoms with E-state index in [0.29, 0.717) is 6.42 Å². The highest BCUT2D eigenvalue weighted by atomic mass is 16.5. The molecular weight excluding hydrogens is 132 g/mol. The van der Waals surface area contributed by atoms with Crippen molar-refractivity contribution in [2.24, 2.45) is 11.8 Å². The molecule has 10 heavy (non-hydrogen) atoms. The molecule has 0 heterocycles. The van der Waals surface area contributed by atoms with Crippen molar-refractivity contribution < 1.29 is 14.3 Å². The van der Waals surface area contributed by atoms with Crippen LogP contribution in [0.3, 0.4) is 0 Å². The molecular formula is C7H10O3. The van der Waals surface area contributed by atoms with Crippen LogP contribution in [-0.4, -0.2) is 18.9 Å². The molecule has 0 amide bonds. The molecule has 0 aliphatic heterocycles. The lowest BCUT2D eigenvalue weighted by molar-refractivity contribution is -0.143. The molecule has 3 nitrogen and oxygen atoms in total. The summed E-state index contributed by atoms with van der Waals surface area (Å²) in [5, 5.41) is 0. The lowest BCUT2D eigenvalue weighted by atomic mass is 10.2. The van der Waals surface area contributed by atoms with Crippen molar-refractivity contribution in [2.45, 2.75) is 13.3 Å². The van der Waals surface area contributed by atoms with Crippen molar-refractivity contribution in [3.8, 4) is 0 Å². The molecule has 0 radical (unpaired) electrons. The second kappa shape index (κ2) is 2.40. The minimum Gasteiger partial charge on any atom is -0.469 e. The van der Waals surface area contributed by atoms with E-state index in [-0.39, 0.29) is 23.6 Å². The van der Waals surface area contributed by atoms with Crippen LogP contribution in [0.2, 0.25) is 0 Å². The predicted octanol–water partition coefficient (Wildman–Crippen LogP) is 0.384. The second-order valence-electron chi connectivity index (χ2n) is 2.58. The molecule has 0 aromatic carbocycles. The highest BCUT2D eigenvalue weighted by Crippen LogP contribution is 2.39. The Hall–Kier alpha value is -0.860. The molecule has 0 spiro atoms. The van der Waals surface area contributed by atoms with Gasteiger partial charge in [-0.05, 0) is 13.3 Å². The lowest BCUT2D eigenvalue weighted by Crippen LogP contribution is -2.07. The largest absolute Gasteiger partial charge is 0.469 e. The van der Waals surface area contributed by atoms with Gasteiger partial charge in [-0.2, -0.15) is 0 Å². The van der Waals surface area contributed by atoms with E-state index in [2.05, 4.69) is 4.74 Å². The first-order valence-corrected chi connectivity index (χ1v) is 3.25. The Kier molecular flexibility index (Phi) is 1.74. The minimum atomic E-state index is -0.250. The zero-order valence-electron chi connectivity index (χ0n) is 6.09. The Labute approximate surface area is 59.4 Å². The summed E-state index contributed by atoms with van der Waals surface area (Å²) in [6.45, 7) is 1.51. The highest BCUT2D eigenvalue weighted by Gasteiger charge is 2.46. The molecule has 2 atom stereocenters. The maximum atomic E-state index is 10.7. The van der Waals surface area contributed by atoms with Crippen molar-refractivity contribution in [3.05, 3.63) is 0 Å². The van der Waals surface area contributed by atoms with Gasteiger partial charge in [-0.1, -0.05) is 0 Å². The number of hydrogen-bond donors (Lipinski definition) is 0. The predicted molar refractivity (Wildman–Crippen MR) is 34.3 cm³/mol. The zero-order valence-corrected chi connectivity index (χ0v) is 6.09. The van der Waals surface area contributed by atoms with Crippen LogP contribution in [0, 0.1) is 11.8 Å². The van der Waals surface area contributed by atoms with E-state index in [1.54, 1.807) is 0 Å². The van der Waals surface area contributed by atoms with E-state index in [9.17, 15) is 9.59 Å². The van der Waals surface area contributed by atoms with Gasteiger partial charge in [-0.25, -0.2) is 0 Å². The molecule has 0 saturated heterocycles. The van der Waals surface area contributed by atoms with Crippen molar-refractivity contribution >= 4 is 11.8 Å². The van der Waals surface area contributed by atoms with Gasteiger partial charge in [-0.15, -0.1) is 0 Å². The molecule has 1 saturated carbocycles.